The van der Waals surface area contributed by atoms with Crippen molar-refractivity contribution in [3.8, 4) is 5.75 Å². The van der Waals surface area contributed by atoms with E-state index in [4.69, 9.17) is 4.74 Å². The van der Waals surface area contributed by atoms with Crippen LogP contribution in [0.1, 0.15) is 37.7 Å². The van der Waals surface area contributed by atoms with Crippen LogP contribution in [-0.4, -0.2) is 78.2 Å². The third-order valence-electron chi connectivity index (χ3n) is 6.59. The Morgan fingerprint density at radius 2 is 1.80 bits per heavy atom. The Balaban J connectivity index is 1.30. The van der Waals surface area contributed by atoms with Crippen molar-refractivity contribution in [3.05, 3.63) is 29.8 Å². The Morgan fingerprint density at radius 1 is 1.07 bits per heavy atom. The average Bonchev–Trinajstić information content (AvgIpc) is 3.50. The summed E-state index contributed by atoms with van der Waals surface area (Å²) in [5, 5.41) is 12.9. The van der Waals surface area contributed by atoms with Crippen molar-refractivity contribution in [3.63, 3.8) is 0 Å². The molecular formula is C23H33N3O4. The van der Waals surface area contributed by atoms with Crippen molar-refractivity contribution >= 4 is 11.8 Å². The van der Waals surface area contributed by atoms with Gasteiger partial charge in [-0.15, -0.1) is 0 Å². The summed E-state index contributed by atoms with van der Waals surface area (Å²) in [5.74, 6) is 1.05. The van der Waals surface area contributed by atoms with Gasteiger partial charge >= 0.3 is 0 Å². The van der Waals surface area contributed by atoms with Crippen molar-refractivity contribution in [1.29, 1.82) is 0 Å². The molecule has 0 bridgehead atoms. The van der Waals surface area contributed by atoms with Gasteiger partial charge in [-0.2, -0.15) is 0 Å². The third-order valence-corrected chi connectivity index (χ3v) is 6.59. The topological polar surface area (TPSA) is 82.1 Å². The van der Waals surface area contributed by atoms with Crippen LogP contribution in [0.5, 0.6) is 5.75 Å². The minimum atomic E-state index is -0.0734. The van der Waals surface area contributed by atoms with Crippen LogP contribution in [0, 0.1) is 5.92 Å². The zero-order chi connectivity index (χ0) is 20.9. The van der Waals surface area contributed by atoms with Gasteiger partial charge in [0.2, 0.25) is 11.8 Å². The predicted octanol–water partition coefficient (Wildman–Crippen LogP) is 1.54. The first kappa shape index (κ1) is 21.1. The summed E-state index contributed by atoms with van der Waals surface area (Å²) in [6.45, 7) is 4.28. The van der Waals surface area contributed by atoms with Gasteiger partial charge in [-0.1, -0.05) is 18.2 Å². The third kappa shape index (κ3) is 5.52. The van der Waals surface area contributed by atoms with E-state index < -0.39 is 0 Å². The number of ether oxygens (including phenoxy) is 1. The number of carbonyl (C=O) groups excluding carboxylic acids is 2. The number of phenols is 1. The molecular weight excluding hydrogens is 382 g/mol. The van der Waals surface area contributed by atoms with Gasteiger partial charge in [-0.3, -0.25) is 14.5 Å². The Bertz CT molecular complexity index is 746. The lowest BCUT2D eigenvalue weighted by Crippen LogP contribution is -2.47. The van der Waals surface area contributed by atoms with Gasteiger partial charge in [0.15, 0.2) is 0 Å². The lowest BCUT2D eigenvalue weighted by Gasteiger charge is -2.33. The number of aromatic hydroxyl groups is 1. The summed E-state index contributed by atoms with van der Waals surface area (Å²) in [7, 11) is 0. The molecule has 1 saturated carbocycles. The molecule has 2 aliphatic heterocycles. The van der Waals surface area contributed by atoms with Crippen LogP contribution in [0.4, 0.5) is 0 Å². The van der Waals surface area contributed by atoms with E-state index in [2.05, 4.69) is 10.2 Å². The maximum Gasteiger partial charge on any atom is 0.224 e. The fraction of sp³-hybridized carbons (Fsp3) is 0.652. The quantitative estimate of drug-likeness (QED) is 0.673. The molecule has 7 nitrogen and oxygen atoms in total. The molecule has 3 fully saturated rings. The molecule has 1 aromatic carbocycles. The number of rotatable bonds is 8. The normalized spacial score (nSPS) is 24.7. The van der Waals surface area contributed by atoms with E-state index in [0.717, 1.165) is 25.3 Å². The van der Waals surface area contributed by atoms with E-state index in [0.29, 0.717) is 44.8 Å². The molecule has 2 N–H and O–H groups in total. The van der Waals surface area contributed by atoms with E-state index in [9.17, 15) is 14.7 Å². The van der Waals surface area contributed by atoms with Crippen molar-refractivity contribution in [2.24, 2.45) is 5.92 Å². The van der Waals surface area contributed by atoms with E-state index in [1.165, 1.54) is 12.8 Å². The summed E-state index contributed by atoms with van der Waals surface area (Å²) in [6, 6.07) is 7.50. The van der Waals surface area contributed by atoms with Gasteiger partial charge < -0.3 is 20.1 Å². The summed E-state index contributed by atoms with van der Waals surface area (Å²) >= 11 is 0. The highest BCUT2D eigenvalue weighted by molar-refractivity contribution is 5.79. The zero-order valence-corrected chi connectivity index (χ0v) is 17.6. The van der Waals surface area contributed by atoms with Crippen molar-refractivity contribution in [2.75, 3.05) is 39.4 Å². The van der Waals surface area contributed by atoms with Gasteiger partial charge in [-0.25, -0.2) is 0 Å². The van der Waals surface area contributed by atoms with Gasteiger partial charge in [0.05, 0.1) is 19.6 Å². The highest BCUT2D eigenvalue weighted by Crippen LogP contribution is 2.35. The van der Waals surface area contributed by atoms with Crippen LogP contribution in [0.2, 0.25) is 0 Å². The molecule has 0 unspecified atom stereocenters. The lowest BCUT2D eigenvalue weighted by molar-refractivity contribution is -0.136. The second kappa shape index (κ2) is 9.79. The number of phenolic OH excluding ortho intramolecular Hbond substituents is 1. The molecule has 1 aliphatic carbocycles. The maximum atomic E-state index is 12.8. The molecule has 30 heavy (non-hydrogen) atoms. The molecule has 1 aromatic rings. The van der Waals surface area contributed by atoms with Crippen molar-refractivity contribution in [1.82, 2.24) is 15.1 Å². The maximum absolute atomic E-state index is 12.8. The van der Waals surface area contributed by atoms with Crippen molar-refractivity contribution < 1.29 is 19.4 Å². The number of hydrogen-bond acceptors (Lipinski definition) is 5. The first-order valence-electron chi connectivity index (χ1n) is 11.2. The highest BCUT2D eigenvalue weighted by Gasteiger charge is 2.38. The van der Waals surface area contributed by atoms with Gasteiger partial charge in [0.1, 0.15) is 5.75 Å². The number of benzene rings is 1. The number of para-hydroxylation sites is 1. The average molecular weight is 416 g/mol. The fourth-order valence-electron chi connectivity index (χ4n) is 4.62. The standard InChI is InChI=1S/C23H33N3O4/c27-21-4-2-1-3-18(21)13-22(28)24-15-20-8-7-19(26(20)16-17-5-6-17)14-23(29)25-9-11-30-12-10-25/h1-4,17,19-20,27H,5-16H2,(H,24,28)/t19-,20+/m1/s1. The lowest BCUT2D eigenvalue weighted by atomic mass is 10.1. The number of likely N-dealkylation sites (tertiary alicyclic amines) is 1. The number of nitrogens with zero attached hydrogens (tertiary/aromatic N) is 2. The summed E-state index contributed by atoms with van der Waals surface area (Å²) < 4.78 is 5.36. The van der Waals surface area contributed by atoms with Crippen LogP contribution in [0.15, 0.2) is 24.3 Å². The Morgan fingerprint density at radius 3 is 2.53 bits per heavy atom. The highest BCUT2D eigenvalue weighted by atomic mass is 16.5. The smallest absolute Gasteiger partial charge is 0.224 e. The predicted molar refractivity (Wildman–Crippen MR) is 113 cm³/mol. The minimum absolute atomic E-state index is 0.0734. The number of amides is 2. The fourth-order valence-corrected chi connectivity index (χ4v) is 4.62. The summed E-state index contributed by atoms with van der Waals surface area (Å²) in [4.78, 5) is 29.6. The Kier molecular flexibility index (Phi) is 6.89. The summed E-state index contributed by atoms with van der Waals surface area (Å²) in [5.41, 5.74) is 0.644. The molecule has 2 heterocycles. The zero-order valence-electron chi connectivity index (χ0n) is 17.6. The molecule has 4 rings (SSSR count). The summed E-state index contributed by atoms with van der Waals surface area (Å²) in [6.07, 6.45) is 5.30. The Hall–Kier alpha value is -2.12. The molecule has 0 spiro atoms. The van der Waals surface area contributed by atoms with Crippen LogP contribution in [0.25, 0.3) is 0 Å². The first-order chi connectivity index (χ1) is 14.6. The Labute approximate surface area is 178 Å². The van der Waals surface area contributed by atoms with Gasteiger partial charge in [-0.05, 0) is 37.7 Å². The molecule has 0 aromatic heterocycles. The monoisotopic (exact) mass is 415 g/mol. The second-order valence-corrected chi connectivity index (χ2v) is 8.83. The number of carbonyl (C=O) groups is 2. The molecule has 0 radical (unpaired) electrons. The van der Waals surface area contributed by atoms with Gasteiger partial charge in [0.25, 0.3) is 0 Å². The van der Waals surface area contributed by atoms with Gasteiger partial charge in [0, 0.05) is 50.2 Å². The van der Waals surface area contributed by atoms with Crippen molar-refractivity contribution in [2.45, 2.75) is 50.6 Å². The largest absolute Gasteiger partial charge is 0.508 e. The molecule has 164 valence electrons. The molecule has 2 atom stereocenters. The number of morpholine rings is 1. The van der Waals surface area contributed by atoms with Crippen LogP contribution < -0.4 is 5.32 Å². The molecule has 2 amide bonds. The number of hydrogen-bond donors (Lipinski definition) is 2. The van der Waals surface area contributed by atoms with E-state index in [-0.39, 0.29) is 36.1 Å². The van der Waals surface area contributed by atoms with E-state index in [1.54, 1.807) is 18.2 Å². The SMILES string of the molecule is O=C(Cc1ccccc1O)NC[C@@H]1CC[C@H](CC(=O)N2CCOCC2)N1CC1CC1. The van der Waals surface area contributed by atoms with E-state index >= 15 is 0 Å². The first-order valence-corrected chi connectivity index (χ1v) is 11.2. The molecule has 7 heteroatoms. The molecule has 2 saturated heterocycles. The van der Waals surface area contributed by atoms with Crippen LogP contribution in [-0.2, 0) is 20.7 Å². The van der Waals surface area contributed by atoms with Crippen LogP contribution >= 0.6 is 0 Å². The van der Waals surface area contributed by atoms with E-state index in [1.807, 2.05) is 11.0 Å². The number of nitrogens with one attached hydrogen (secondary N) is 1. The van der Waals surface area contributed by atoms with Crippen LogP contribution in [0.3, 0.4) is 0 Å². The molecule has 3 aliphatic rings. The second-order valence-electron chi connectivity index (χ2n) is 8.83. The minimum Gasteiger partial charge on any atom is -0.508 e.